The fraction of sp³-hybridized carbons (Fsp3) is 0.294. The molecule has 7 rings (SSSR count). The summed E-state index contributed by atoms with van der Waals surface area (Å²) in [6, 6.07) is 23.6. The monoisotopic (exact) mass is 572 g/mol. The lowest BCUT2D eigenvalue weighted by molar-refractivity contribution is -0.136. The van der Waals surface area contributed by atoms with Crippen LogP contribution in [0.25, 0.3) is 6.08 Å². The van der Waals surface area contributed by atoms with Gasteiger partial charge in [0.1, 0.15) is 6.54 Å². The van der Waals surface area contributed by atoms with Crippen LogP contribution in [-0.4, -0.2) is 52.1 Å². The molecule has 216 valence electrons. The highest BCUT2D eigenvalue weighted by atomic mass is 16.2. The summed E-state index contributed by atoms with van der Waals surface area (Å²) >= 11 is 0. The first kappa shape index (κ1) is 26.9. The van der Waals surface area contributed by atoms with E-state index in [-0.39, 0.29) is 24.4 Å². The summed E-state index contributed by atoms with van der Waals surface area (Å²) in [4.78, 5) is 42.4. The van der Waals surface area contributed by atoms with Gasteiger partial charge in [-0.25, -0.2) is 9.91 Å². The minimum Gasteiger partial charge on any atom is -0.271 e. The van der Waals surface area contributed by atoms with Crippen molar-refractivity contribution in [2.45, 2.75) is 51.2 Å². The molecule has 3 aromatic rings. The van der Waals surface area contributed by atoms with E-state index in [1.165, 1.54) is 9.91 Å². The van der Waals surface area contributed by atoms with Gasteiger partial charge < -0.3 is 0 Å². The molecule has 0 N–H and O–H groups in total. The lowest BCUT2D eigenvalue weighted by atomic mass is 9.77. The Hall–Kier alpha value is -4.92. The average Bonchev–Trinajstić information content (AvgIpc) is 3.68. The number of carbonyl (C=O) groups is 3. The van der Waals surface area contributed by atoms with Crippen LogP contribution in [0.15, 0.2) is 99.9 Å². The number of imide groups is 1. The molecule has 1 saturated heterocycles. The Labute approximate surface area is 250 Å². The number of allylic oxidation sites excluding steroid dienone is 1. The van der Waals surface area contributed by atoms with Crippen LogP contribution < -0.4 is 4.90 Å². The maximum atomic E-state index is 14.1. The molecule has 2 fully saturated rings. The third-order valence-electron chi connectivity index (χ3n) is 8.86. The Morgan fingerprint density at radius 3 is 2.30 bits per heavy atom. The summed E-state index contributed by atoms with van der Waals surface area (Å²) in [7, 11) is 0. The van der Waals surface area contributed by atoms with Gasteiger partial charge in [-0.1, -0.05) is 84.1 Å². The third kappa shape index (κ3) is 4.56. The highest BCUT2D eigenvalue weighted by molar-refractivity contribution is 6.26. The van der Waals surface area contributed by atoms with Crippen molar-refractivity contribution in [3.63, 3.8) is 0 Å². The molecule has 3 aromatic carbocycles. The van der Waals surface area contributed by atoms with Gasteiger partial charge in [0.25, 0.3) is 17.7 Å². The van der Waals surface area contributed by atoms with Crippen LogP contribution >= 0.6 is 0 Å². The van der Waals surface area contributed by atoms with Gasteiger partial charge in [-0.2, -0.15) is 10.2 Å². The van der Waals surface area contributed by atoms with Gasteiger partial charge in [0.15, 0.2) is 12.1 Å². The van der Waals surface area contributed by atoms with Crippen LogP contribution in [0.2, 0.25) is 0 Å². The molecular weight excluding hydrogens is 540 g/mol. The van der Waals surface area contributed by atoms with Crippen molar-refractivity contribution in [1.29, 1.82) is 0 Å². The average molecular weight is 573 g/mol. The molecule has 9 heteroatoms. The lowest BCUT2D eigenvalue weighted by Gasteiger charge is -2.30. The van der Waals surface area contributed by atoms with Crippen LogP contribution in [0.5, 0.6) is 0 Å². The number of hydrogen-bond acceptors (Lipinski definition) is 7. The van der Waals surface area contributed by atoms with Crippen LogP contribution in [0, 0.1) is 19.8 Å². The van der Waals surface area contributed by atoms with Crippen LogP contribution in [0.3, 0.4) is 0 Å². The number of benzene rings is 3. The van der Waals surface area contributed by atoms with E-state index in [1.54, 1.807) is 5.01 Å². The Morgan fingerprint density at radius 2 is 1.58 bits per heavy atom. The molecule has 0 bridgehead atoms. The first-order chi connectivity index (χ1) is 20.9. The predicted octanol–water partition coefficient (Wildman–Crippen LogP) is 5.42. The maximum absolute atomic E-state index is 14.1. The zero-order valence-corrected chi connectivity index (χ0v) is 24.1. The second-order valence-corrected chi connectivity index (χ2v) is 11.6. The normalized spacial score (nSPS) is 25.4. The lowest BCUT2D eigenvalue weighted by Crippen LogP contribution is -2.45. The largest absolute Gasteiger partial charge is 0.271 e. The fourth-order valence-corrected chi connectivity index (χ4v) is 6.88. The van der Waals surface area contributed by atoms with Crippen molar-refractivity contribution in [3.8, 4) is 0 Å². The summed E-state index contributed by atoms with van der Waals surface area (Å²) < 4.78 is 0. The molecule has 43 heavy (non-hydrogen) atoms. The molecule has 1 aliphatic carbocycles. The van der Waals surface area contributed by atoms with E-state index in [9.17, 15) is 14.4 Å². The van der Waals surface area contributed by atoms with Crippen molar-refractivity contribution < 1.29 is 14.4 Å². The molecule has 3 aliphatic heterocycles. The number of nitrogens with zero attached hydrogens (tertiary/aromatic N) is 6. The smallest absolute Gasteiger partial charge is 0.264 e. The van der Waals surface area contributed by atoms with Gasteiger partial charge in [-0.15, -0.1) is 0 Å². The highest BCUT2D eigenvalue weighted by Crippen LogP contribution is 2.45. The quantitative estimate of drug-likeness (QED) is 0.381. The van der Waals surface area contributed by atoms with E-state index in [0.29, 0.717) is 5.69 Å². The Kier molecular flexibility index (Phi) is 6.72. The van der Waals surface area contributed by atoms with E-state index in [1.807, 2.05) is 80.6 Å². The summed E-state index contributed by atoms with van der Waals surface area (Å²) in [5, 5.41) is 16.2. The molecule has 9 nitrogen and oxygen atoms in total. The molecule has 0 spiro atoms. The molecule has 0 unspecified atom stereocenters. The molecular formula is C34H32N6O3. The summed E-state index contributed by atoms with van der Waals surface area (Å²) in [5.41, 5.74) is 6.40. The number of amides is 3. The van der Waals surface area contributed by atoms with E-state index >= 15 is 0 Å². The van der Waals surface area contributed by atoms with Crippen molar-refractivity contribution >= 4 is 35.2 Å². The van der Waals surface area contributed by atoms with Gasteiger partial charge in [-0.3, -0.25) is 19.4 Å². The number of aryl methyl sites for hydroxylation is 2. The second kappa shape index (κ2) is 10.7. The number of fused-ring (bicyclic) bond motifs is 2. The molecule has 1 saturated carbocycles. The van der Waals surface area contributed by atoms with Gasteiger partial charge in [-0.05, 0) is 67.0 Å². The fourth-order valence-electron chi connectivity index (χ4n) is 6.88. The number of rotatable bonds is 5. The second-order valence-electron chi connectivity index (χ2n) is 11.6. The zero-order valence-electron chi connectivity index (χ0n) is 24.1. The Bertz CT molecular complexity index is 1680. The van der Waals surface area contributed by atoms with E-state index in [0.717, 1.165) is 52.8 Å². The van der Waals surface area contributed by atoms with Gasteiger partial charge >= 0.3 is 0 Å². The maximum Gasteiger partial charge on any atom is 0.264 e. The number of para-hydroxylation sites is 1. The summed E-state index contributed by atoms with van der Waals surface area (Å²) in [6.45, 7) is 3.53. The predicted molar refractivity (Wildman–Crippen MR) is 163 cm³/mol. The molecule has 4 aliphatic rings. The molecule has 0 aromatic heterocycles. The van der Waals surface area contributed by atoms with Crippen molar-refractivity contribution in [2.75, 3.05) is 11.4 Å². The van der Waals surface area contributed by atoms with Crippen LogP contribution in [-0.2, 0) is 14.4 Å². The number of anilines is 1. The minimum atomic E-state index is -0.975. The molecule has 4 atom stereocenters. The van der Waals surface area contributed by atoms with Crippen molar-refractivity contribution in [2.24, 2.45) is 21.4 Å². The SMILES string of the molecule is Cc1cccc(C)c1N1C(=O)[C@@H]2N=NN(CC(=O)N3N=C4/C(=C/c5ccccc5)CCC[C@@H]4[C@H]3c3ccccc3)[C@H]2C1=O. The number of carbonyl (C=O) groups excluding carboxylic acids is 3. The third-order valence-corrected chi connectivity index (χ3v) is 8.86. The molecule has 3 amide bonds. The first-order valence-corrected chi connectivity index (χ1v) is 14.8. The van der Waals surface area contributed by atoms with Crippen molar-refractivity contribution in [1.82, 2.24) is 10.0 Å². The van der Waals surface area contributed by atoms with Crippen molar-refractivity contribution in [3.05, 3.63) is 107 Å². The van der Waals surface area contributed by atoms with Crippen LogP contribution in [0.1, 0.15) is 47.6 Å². The van der Waals surface area contributed by atoms with Crippen LogP contribution in [0.4, 0.5) is 5.69 Å². The standard InChI is InChI=1S/C34H32N6O3/c1-21-11-9-12-22(2)30(21)39-33(42)29-32(34(39)43)38(37-35-29)20-27(41)40-31(24-15-7-4-8-16-24)26-18-10-17-25(28(26)36-40)19-23-13-5-3-6-14-23/h3-9,11-16,19,26,29,31-32H,10,17-18,20H2,1-2H3/b25-19+/t26-,29+,31+,32+/m0/s1. The first-order valence-electron chi connectivity index (χ1n) is 14.8. The molecule has 3 heterocycles. The summed E-state index contributed by atoms with van der Waals surface area (Å²) in [6.07, 6.45) is 4.98. The van der Waals surface area contributed by atoms with Gasteiger partial charge in [0.2, 0.25) is 0 Å². The Morgan fingerprint density at radius 1 is 0.884 bits per heavy atom. The number of hydrogen-bond donors (Lipinski definition) is 0. The number of hydrazone groups is 1. The zero-order chi connectivity index (χ0) is 29.7. The molecule has 0 radical (unpaired) electrons. The van der Waals surface area contributed by atoms with Gasteiger partial charge in [0, 0.05) is 5.92 Å². The van der Waals surface area contributed by atoms with E-state index in [4.69, 9.17) is 5.10 Å². The van der Waals surface area contributed by atoms with E-state index < -0.39 is 23.9 Å². The van der Waals surface area contributed by atoms with Gasteiger partial charge in [0.05, 0.1) is 17.4 Å². The van der Waals surface area contributed by atoms with E-state index in [2.05, 4.69) is 28.5 Å². The Balaban J connectivity index is 1.19. The topological polar surface area (TPSA) is 98.0 Å². The summed E-state index contributed by atoms with van der Waals surface area (Å²) in [5.74, 6) is -1.08. The highest BCUT2D eigenvalue weighted by Gasteiger charge is 2.56. The minimum absolute atomic E-state index is 0.0530.